The molecule has 16 heavy (non-hydrogen) atoms. The zero-order chi connectivity index (χ0) is 11.4. The number of hydrogen-bond donors (Lipinski definition) is 1. The molecule has 0 aliphatic carbocycles. The topological polar surface area (TPSA) is 25.2 Å². The Labute approximate surface area is 104 Å². The minimum Gasteiger partial charge on any atom is -0.467 e. The molecule has 1 atom stereocenters. The van der Waals surface area contributed by atoms with E-state index in [0.29, 0.717) is 0 Å². The van der Waals surface area contributed by atoms with E-state index < -0.39 is 0 Å². The summed E-state index contributed by atoms with van der Waals surface area (Å²) in [6.07, 6.45) is 1.71. The van der Waals surface area contributed by atoms with E-state index in [4.69, 9.17) is 4.42 Å². The van der Waals surface area contributed by atoms with Crippen LogP contribution in [0, 0.1) is 0 Å². The van der Waals surface area contributed by atoms with Gasteiger partial charge in [-0.15, -0.1) is 0 Å². The second-order valence-electron chi connectivity index (χ2n) is 3.56. The average Bonchev–Trinajstić information content (AvgIpc) is 2.81. The molecule has 1 aromatic heterocycles. The van der Waals surface area contributed by atoms with Crippen LogP contribution in [-0.2, 0) is 0 Å². The molecule has 84 valence electrons. The van der Waals surface area contributed by atoms with Crippen molar-refractivity contribution in [3.05, 3.63) is 58.5 Å². The van der Waals surface area contributed by atoms with Gasteiger partial charge in [0, 0.05) is 4.47 Å². The first-order chi connectivity index (χ1) is 7.81. The SMILES string of the molecule is CCNC(c1ccc(Br)cc1)c1ccco1. The van der Waals surface area contributed by atoms with Crippen molar-refractivity contribution in [2.45, 2.75) is 13.0 Å². The molecule has 1 N–H and O–H groups in total. The Kier molecular flexibility index (Phi) is 3.80. The van der Waals surface area contributed by atoms with Gasteiger partial charge in [0.25, 0.3) is 0 Å². The van der Waals surface area contributed by atoms with Crippen LogP contribution in [0.5, 0.6) is 0 Å². The summed E-state index contributed by atoms with van der Waals surface area (Å²) in [5.74, 6) is 0.948. The summed E-state index contributed by atoms with van der Waals surface area (Å²) in [4.78, 5) is 0. The number of benzene rings is 1. The highest BCUT2D eigenvalue weighted by Gasteiger charge is 2.14. The lowest BCUT2D eigenvalue weighted by Crippen LogP contribution is -2.21. The van der Waals surface area contributed by atoms with Crippen molar-refractivity contribution < 1.29 is 4.42 Å². The lowest BCUT2D eigenvalue weighted by Gasteiger charge is -2.15. The average molecular weight is 280 g/mol. The fraction of sp³-hybridized carbons (Fsp3) is 0.231. The van der Waals surface area contributed by atoms with Crippen LogP contribution in [-0.4, -0.2) is 6.54 Å². The maximum Gasteiger partial charge on any atom is 0.125 e. The molecular weight excluding hydrogens is 266 g/mol. The van der Waals surface area contributed by atoms with E-state index in [1.807, 2.05) is 24.3 Å². The maximum absolute atomic E-state index is 5.46. The number of halogens is 1. The number of hydrogen-bond acceptors (Lipinski definition) is 2. The highest BCUT2D eigenvalue weighted by atomic mass is 79.9. The zero-order valence-corrected chi connectivity index (χ0v) is 10.7. The van der Waals surface area contributed by atoms with E-state index in [1.165, 1.54) is 5.56 Å². The van der Waals surface area contributed by atoms with Crippen molar-refractivity contribution in [3.8, 4) is 0 Å². The molecule has 1 unspecified atom stereocenters. The quantitative estimate of drug-likeness (QED) is 0.922. The van der Waals surface area contributed by atoms with Crippen LogP contribution in [0.1, 0.15) is 24.3 Å². The van der Waals surface area contributed by atoms with Gasteiger partial charge in [0.05, 0.1) is 12.3 Å². The highest BCUT2D eigenvalue weighted by molar-refractivity contribution is 9.10. The highest BCUT2D eigenvalue weighted by Crippen LogP contribution is 2.23. The summed E-state index contributed by atoms with van der Waals surface area (Å²) < 4.78 is 6.55. The molecule has 2 rings (SSSR count). The van der Waals surface area contributed by atoms with Gasteiger partial charge < -0.3 is 9.73 Å². The smallest absolute Gasteiger partial charge is 0.125 e. The van der Waals surface area contributed by atoms with Gasteiger partial charge in [-0.3, -0.25) is 0 Å². The van der Waals surface area contributed by atoms with Crippen molar-refractivity contribution in [2.75, 3.05) is 6.54 Å². The van der Waals surface area contributed by atoms with Gasteiger partial charge in [0.15, 0.2) is 0 Å². The molecule has 0 aliphatic heterocycles. The second kappa shape index (κ2) is 5.32. The fourth-order valence-corrected chi connectivity index (χ4v) is 1.96. The summed E-state index contributed by atoms with van der Waals surface area (Å²) >= 11 is 3.44. The molecule has 2 nitrogen and oxygen atoms in total. The first-order valence-corrected chi connectivity index (χ1v) is 6.13. The molecule has 1 heterocycles. The first-order valence-electron chi connectivity index (χ1n) is 5.33. The lowest BCUT2D eigenvalue weighted by molar-refractivity contribution is 0.452. The third kappa shape index (κ3) is 2.54. The van der Waals surface area contributed by atoms with Gasteiger partial charge in [-0.1, -0.05) is 35.0 Å². The molecular formula is C13H14BrNO. The van der Waals surface area contributed by atoms with Gasteiger partial charge in [-0.25, -0.2) is 0 Å². The lowest BCUT2D eigenvalue weighted by atomic mass is 10.0. The Hall–Kier alpha value is -1.06. The van der Waals surface area contributed by atoms with Crippen LogP contribution in [0.25, 0.3) is 0 Å². The predicted octanol–water partition coefficient (Wildman–Crippen LogP) is 3.74. The van der Waals surface area contributed by atoms with Crippen molar-refractivity contribution >= 4 is 15.9 Å². The molecule has 0 fully saturated rings. The normalized spacial score (nSPS) is 12.6. The van der Waals surface area contributed by atoms with Gasteiger partial charge in [-0.2, -0.15) is 0 Å². The monoisotopic (exact) mass is 279 g/mol. The minimum atomic E-state index is 0.133. The molecule has 0 saturated carbocycles. The molecule has 0 bridgehead atoms. The fourth-order valence-electron chi connectivity index (χ4n) is 1.70. The van der Waals surface area contributed by atoms with Crippen molar-refractivity contribution in [1.82, 2.24) is 5.32 Å². The third-order valence-electron chi connectivity index (χ3n) is 2.44. The van der Waals surface area contributed by atoms with E-state index in [-0.39, 0.29) is 6.04 Å². The summed E-state index contributed by atoms with van der Waals surface area (Å²) in [6.45, 7) is 3.00. The largest absolute Gasteiger partial charge is 0.467 e. The Morgan fingerprint density at radius 2 is 2.00 bits per heavy atom. The Balaban J connectivity index is 2.29. The first kappa shape index (κ1) is 11.4. The van der Waals surface area contributed by atoms with Gasteiger partial charge in [0.2, 0.25) is 0 Å². The molecule has 0 spiro atoms. The minimum absolute atomic E-state index is 0.133. The van der Waals surface area contributed by atoms with Crippen LogP contribution in [0.15, 0.2) is 51.6 Å². The number of rotatable bonds is 4. The second-order valence-corrected chi connectivity index (χ2v) is 4.47. The predicted molar refractivity (Wildman–Crippen MR) is 68.4 cm³/mol. The van der Waals surface area contributed by atoms with Crippen LogP contribution in [0.3, 0.4) is 0 Å². The van der Waals surface area contributed by atoms with E-state index in [9.17, 15) is 0 Å². The number of nitrogens with one attached hydrogen (secondary N) is 1. The van der Waals surface area contributed by atoms with Crippen molar-refractivity contribution in [2.24, 2.45) is 0 Å². The molecule has 2 aromatic rings. The number of furan rings is 1. The molecule has 1 aromatic carbocycles. The van der Waals surface area contributed by atoms with E-state index in [2.05, 4.69) is 40.3 Å². The van der Waals surface area contributed by atoms with Gasteiger partial charge >= 0.3 is 0 Å². The molecule has 0 saturated heterocycles. The molecule has 0 amide bonds. The van der Waals surface area contributed by atoms with E-state index in [0.717, 1.165) is 16.8 Å². The summed E-state index contributed by atoms with van der Waals surface area (Å²) in [6, 6.07) is 12.3. The van der Waals surface area contributed by atoms with Crippen molar-refractivity contribution in [3.63, 3.8) is 0 Å². The maximum atomic E-state index is 5.46. The molecule has 3 heteroatoms. The van der Waals surface area contributed by atoms with Gasteiger partial charge in [0.1, 0.15) is 5.76 Å². The Morgan fingerprint density at radius 1 is 1.25 bits per heavy atom. The van der Waals surface area contributed by atoms with Gasteiger partial charge in [-0.05, 0) is 36.4 Å². The van der Waals surface area contributed by atoms with E-state index in [1.54, 1.807) is 6.26 Å². The Bertz CT molecular complexity index is 422. The molecule has 0 aliphatic rings. The zero-order valence-electron chi connectivity index (χ0n) is 9.11. The summed E-state index contributed by atoms with van der Waals surface area (Å²) in [5.41, 5.74) is 1.21. The third-order valence-corrected chi connectivity index (χ3v) is 2.97. The molecule has 0 radical (unpaired) electrons. The van der Waals surface area contributed by atoms with Crippen LogP contribution < -0.4 is 5.32 Å². The van der Waals surface area contributed by atoms with Crippen molar-refractivity contribution in [1.29, 1.82) is 0 Å². The standard InChI is InChI=1S/C13H14BrNO/c1-2-15-13(12-4-3-9-16-12)10-5-7-11(14)8-6-10/h3-9,13,15H,2H2,1H3. The van der Waals surface area contributed by atoms with Crippen LogP contribution in [0.2, 0.25) is 0 Å². The Morgan fingerprint density at radius 3 is 2.56 bits per heavy atom. The van der Waals surface area contributed by atoms with E-state index >= 15 is 0 Å². The summed E-state index contributed by atoms with van der Waals surface area (Å²) in [7, 11) is 0. The van der Waals surface area contributed by atoms with Crippen LogP contribution in [0.4, 0.5) is 0 Å². The summed E-state index contributed by atoms with van der Waals surface area (Å²) in [5, 5.41) is 3.41. The van der Waals surface area contributed by atoms with Crippen LogP contribution >= 0.6 is 15.9 Å².